The molecule has 3 unspecified atom stereocenters. The van der Waals surface area contributed by atoms with Gasteiger partial charge >= 0.3 is 4.87 Å². The number of fused-ring (bicyclic) bond motifs is 2. The maximum Gasteiger partial charge on any atom is 0.305 e. The molecule has 0 saturated carbocycles. The Morgan fingerprint density at radius 1 is 1.00 bits per heavy atom. The molecule has 0 radical (unpaired) electrons. The predicted molar refractivity (Wildman–Crippen MR) is 156 cm³/mol. The number of hydrogen-bond acceptors (Lipinski definition) is 7. The van der Waals surface area contributed by atoms with Crippen molar-refractivity contribution in [2.24, 2.45) is 5.92 Å². The van der Waals surface area contributed by atoms with E-state index < -0.39 is 40.6 Å². The van der Waals surface area contributed by atoms with E-state index in [0.717, 1.165) is 28.0 Å². The van der Waals surface area contributed by atoms with Crippen LogP contribution < -0.4 is 19.8 Å². The largest absolute Gasteiger partial charge is 0.483 e. The molecule has 41 heavy (non-hydrogen) atoms. The van der Waals surface area contributed by atoms with Crippen molar-refractivity contribution in [3.63, 3.8) is 0 Å². The molecule has 8 nitrogen and oxygen atoms in total. The maximum absolute atomic E-state index is 13.9. The number of nitrogens with one attached hydrogen (secondary N) is 2. The molecule has 1 aromatic heterocycles. The van der Waals surface area contributed by atoms with E-state index in [9.17, 15) is 23.6 Å². The van der Waals surface area contributed by atoms with Gasteiger partial charge < -0.3 is 15.0 Å². The minimum atomic E-state index is -0.869. The van der Waals surface area contributed by atoms with E-state index in [0.29, 0.717) is 31.9 Å². The van der Waals surface area contributed by atoms with Crippen LogP contribution in [0.1, 0.15) is 16.4 Å². The normalized spacial score (nSPS) is 19.6. The van der Waals surface area contributed by atoms with Crippen LogP contribution in [0.2, 0.25) is 10.0 Å². The lowest BCUT2D eigenvalue weighted by molar-refractivity contribution is -0.122. The quantitative estimate of drug-likeness (QED) is 0.265. The first-order valence-electron chi connectivity index (χ1n) is 12.2. The van der Waals surface area contributed by atoms with E-state index in [1.807, 2.05) is 0 Å². The fraction of sp³-hybridized carbons (Fsp3) is 0.143. The zero-order chi connectivity index (χ0) is 28.8. The lowest BCUT2D eigenvalue weighted by atomic mass is 9.82. The summed E-state index contributed by atoms with van der Waals surface area (Å²) >= 11 is 14.1. The highest BCUT2D eigenvalue weighted by Crippen LogP contribution is 2.54. The number of thiazole rings is 1. The molecule has 0 bridgehead atoms. The summed E-state index contributed by atoms with van der Waals surface area (Å²) in [6, 6.07) is 16.7. The fourth-order valence-corrected chi connectivity index (χ4v) is 7.78. The van der Waals surface area contributed by atoms with Gasteiger partial charge in [0.05, 0.1) is 26.7 Å². The lowest BCUT2D eigenvalue weighted by Crippen LogP contribution is -2.32. The monoisotopic (exact) mass is 629 g/mol. The van der Waals surface area contributed by atoms with Crippen LogP contribution in [0.25, 0.3) is 0 Å². The number of hydrogen-bond donors (Lipinski definition) is 2. The van der Waals surface area contributed by atoms with Crippen molar-refractivity contribution in [3.05, 3.63) is 103 Å². The first-order chi connectivity index (χ1) is 19.7. The number of ether oxygens (including phenoxy) is 1. The van der Waals surface area contributed by atoms with E-state index >= 15 is 0 Å². The van der Waals surface area contributed by atoms with Crippen LogP contribution in [0.5, 0.6) is 5.75 Å². The van der Waals surface area contributed by atoms with Gasteiger partial charge in [0, 0.05) is 22.0 Å². The van der Waals surface area contributed by atoms with Gasteiger partial charge in [-0.15, -0.1) is 0 Å². The third-order valence-electron chi connectivity index (χ3n) is 6.72. The Morgan fingerprint density at radius 2 is 1.76 bits per heavy atom. The number of imide groups is 1. The number of nitrogens with zero attached hydrogens (tertiary/aromatic N) is 1. The molecule has 2 aliphatic heterocycles. The van der Waals surface area contributed by atoms with Crippen LogP contribution in [0.3, 0.4) is 0 Å². The van der Waals surface area contributed by atoms with Gasteiger partial charge in [0.2, 0.25) is 11.8 Å². The summed E-state index contributed by atoms with van der Waals surface area (Å²) in [6.45, 7) is -0.363. The molecule has 3 amide bonds. The summed E-state index contributed by atoms with van der Waals surface area (Å²) in [5.74, 6) is -3.15. The first-order valence-corrected chi connectivity index (χ1v) is 14.7. The lowest BCUT2D eigenvalue weighted by Gasteiger charge is -2.30. The number of anilines is 2. The van der Waals surface area contributed by atoms with Gasteiger partial charge in [-0.1, -0.05) is 64.5 Å². The van der Waals surface area contributed by atoms with Crippen LogP contribution in [-0.2, 0) is 14.4 Å². The minimum Gasteiger partial charge on any atom is -0.483 e. The summed E-state index contributed by atoms with van der Waals surface area (Å²) in [6.07, 6.45) is 0. The van der Waals surface area contributed by atoms with Crippen molar-refractivity contribution in [1.82, 2.24) is 4.98 Å². The van der Waals surface area contributed by atoms with Crippen molar-refractivity contribution < 1.29 is 23.5 Å². The van der Waals surface area contributed by atoms with Gasteiger partial charge in [-0.3, -0.25) is 19.2 Å². The van der Waals surface area contributed by atoms with Crippen molar-refractivity contribution in [2.45, 2.75) is 16.2 Å². The molecular weight excluding hydrogens is 612 g/mol. The number of carbonyl (C=O) groups excluding carboxylic acids is 3. The van der Waals surface area contributed by atoms with Crippen LogP contribution in [0.15, 0.2) is 76.6 Å². The van der Waals surface area contributed by atoms with Gasteiger partial charge in [0.1, 0.15) is 16.8 Å². The van der Waals surface area contributed by atoms with Gasteiger partial charge in [-0.2, -0.15) is 0 Å². The number of H-pyrrole nitrogens is 1. The number of thioether (sulfide) groups is 1. The molecule has 0 spiro atoms. The Morgan fingerprint density at radius 3 is 2.51 bits per heavy atom. The molecule has 0 aliphatic carbocycles. The molecule has 6 rings (SSSR count). The van der Waals surface area contributed by atoms with Gasteiger partial charge in [-0.25, -0.2) is 9.29 Å². The number of aromatic nitrogens is 1. The Kier molecular flexibility index (Phi) is 7.37. The molecule has 1 fully saturated rings. The van der Waals surface area contributed by atoms with Crippen molar-refractivity contribution in [3.8, 4) is 5.75 Å². The summed E-state index contributed by atoms with van der Waals surface area (Å²) in [5.41, 5.74) is 1.24. The van der Waals surface area contributed by atoms with Gasteiger partial charge in [0.15, 0.2) is 6.61 Å². The molecule has 208 valence electrons. The minimum absolute atomic E-state index is 0.260. The van der Waals surface area contributed by atoms with E-state index in [1.165, 1.54) is 30.3 Å². The number of aromatic amines is 1. The smallest absolute Gasteiger partial charge is 0.305 e. The third-order valence-corrected chi connectivity index (χ3v) is 9.87. The van der Waals surface area contributed by atoms with Crippen LogP contribution in [0, 0.1) is 11.7 Å². The third kappa shape index (κ3) is 5.14. The first kappa shape index (κ1) is 27.5. The maximum atomic E-state index is 13.9. The second-order valence-electron chi connectivity index (χ2n) is 9.24. The average Bonchev–Trinajstić information content (AvgIpc) is 3.44. The van der Waals surface area contributed by atoms with E-state index in [-0.39, 0.29) is 22.2 Å². The molecule has 1 saturated heterocycles. The number of halogens is 3. The van der Waals surface area contributed by atoms with E-state index in [4.69, 9.17) is 27.9 Å². The Bertz CT molecular complexity index is 1760. The highest BCUT2D eigenvalue weighted by atomic mass is 35.5. The second-order valence-corrected chi connectivity index (χ2v) is 12.2. The molecule has 3 aromatic carbocycles. The predicted octanol–water partition coefficient (Wildman–Crippen LogP) is 5.70. The number of benzene rings is 3. The summed E-state index contributed by atoms with van der Waals surface area (Å²) in [4.78, 5) is 56.6. The molecular formula is C28H18Cl2FN3O5S2. The zero-order valence-corrected chi connectivity index (χ0v) is 23.9. The fourth-order valence-electron chi connectivity index (χ4n) is 4.98. The second kappa shape index (κ2) is 11.0. The molecule has 3 heterocycles. The summed E-state index contributed by atoms with van der Waals surface area (Å²) in [7, 11) is 0. The zero-order valence-electron chi connectivity index (χ0n) is 20.7. The topological polar surface area (TPSA) is 109 Å². The highest BCUT2D eigenvalue weighted by molar-refractivity contribution is 8.00. The van der Waals surface area contributed by atoms with E-state index in [2.05, 4.69) is 10.3 Å². The Balaban J connectivity index is 1.32. The standard InChI is InChI=1S/C28H18Cl2FN3O5S2/c29-17-10-7-14(11-18(17)30)32-20(35)12-39-19-4-2-1-3-16(19)21-22-24(40-25-23(21)41-28(38)33-25)27(37)34(26(22)36)15-8-5-13(31)6-9-15/h1-11,21-22,24H,12H2,(H,32,35)(H,33,38). The summed E-state index contributed by atoms with van der Waals surface area (Å²) < 4.78 is 19.5. The number of para-hydroxylation sites is 1. The van der Waals surface area contributed by atoms with Crippen molar-refractivity contribution in [2.75, 3.05) is 16.8 Å². The molecule has 13 heteroatoms. The van der Waals surface area contributed by atoms with Gasteiger partial charge in [-0.05, 0) is 48.5 Å². The Hall–Kier alpha value is -3.64. The number of amides is 3. The average molecular weight is 631 g/mol. The molecule has 4 aromatic rings. The van der Waals surface area contributed by atoms with Crippen LogP contribution in [0.4, 0.5) is 15.8 Å². The Labute approximate surface area is 250 Å². The van der Waals surface area contributed by atoms with Crippen LogP contribution in [-0.4, -0.2) is 34.6 Å². The molecule has 3 atom stereocenters. The SMILES string of the molecule is O=C(COc1ccccc1C1c2sc(=O)[nH]c2SC2C(=O)N(c3ccc(F)cc3)C(=O)C21)Nc1ccc(Cl)c(Cl)c1. The van der Waals surface area contributed by atoms with Gasteiger partial charge in [0.25, 0.3) is 5.91 Å². The highest BCUT2D eigenvalue weighted by Gasteiger charge is 2.56. The molecule has 2 aliphatic rings. The number of rotatable bonds is 6. The van der Waals surface area contributed by atoms with Crippen molar-refractivity contribution in [1.29, 1.82) is 0 Å². The van der Waals surface area contributed by atoms with Crippen LogP contribution >= 0.6 is 46.3 Å². The molecule has 2 N–H and O–H groups in total. The summed E-state index contributed by atoms with van der Waals surface area (Å²) in [5, 5.41) is 2.99. The van der Waals surface area contributed by atoms with Crippen molar-refractivity contribution >= 4 is 75.4 Å². The number of carbonyl (C=O) groups is 3. The van der Waals surface area contributed by atoms with E-state index in [1.54, 1.807) is 36.4 Å².